The Hall–Kier alpha value is -1.03. The Bertz CT molecular complexity index is 445. The summed E-state index contributed by atoms with van der Waals surface area (Å²) in [5.41, 5.74) is -1.85. The molecule has 2 atom stereocenters. The molecule has 0 amide bonds. The van der Waals surface area contributed by atoms with Crippen LogP contribution >= 0.6 is 11.6 Å². The maximum absolute atomic E-state index is 11.8. The summed E-state index contributed by atoms with van der Waals surface area (Å²) in [5, 5.41) is 9.60. The van der Waals surface area contributed by atoms with Crippen LogP contribution < -0.4 is 0 Å². The first kappa shape index (κ1) is 16.0. The van der Waals surface area contributed by atoms with E-state index < -0.39 is 28.2 Å². The number of halogens is 1. The summed E-state index contributed by atoms with van der Waals surface area (Å²) in [6.45, 7) is 9.44. The van der Waals surface area contributed by atoms with Crippen LogP contribution in [0.1, 0.15) is 34.6 Å². The Morgan fingerprint density at radius 1 is 1.32 bits per heavy atom. The first-order valence-electron chi connectivity index (χ1n) is 6.13. The molecule has 19 heavy (non-hydrogen) atoms. The number of rotatable bonds is 3. The molecule has 1 saturated carbocycles. The monoisotopic (exact) mass is 288 g/mol. The molecule has 0 spiro atoms. The number of allylic oxidation sites excluding steroid dienone is 1. The number of hydrogen-bond donors (Lipinski definition) is 1. The largest absolute Gasteiger partial charge is 0.481 e. The summed E-state index contributed by atoms with van der Waals surface area (Å²) in [6, 6.07) is 0. The number of carbonyl (C=O) groups excluding carboxylic acids is 1. The maximum atomic E-state index is 11.8. The Labute approximate surface area is 118 Å². The predicted octanol–water partition coefficient (Wildman–Crippen LogP) is 3.06. The van der Waals surface area contributed by atoms with Crippen molar-refractivity contribution in [2.75, 3.05) is 7.11 Å². The third kappa shape index (κ3) is 2.06. The number of methoxy groups -OCH3 is 1. The SMILES string of the molecule is COC(=O)C(Cl)=CC1C(C)(C)C1(C(=O)O)C(C)(C)C. The second-order valence-corrected chi connectivity index (χ2v) is 6.98. The van der Waals surface area contributed by atoms with Crippen LogP contribution in [0, 0.1) is 22.2 Å². The molecule has 2 unspecified atom stereocenters. The van der Waals surface area contributed by atoms with Gasteiger partial charge < -0.3 is 9.84 Å². The number of carboxylic acids is 1. The molecular formula is C14H21ClO4. The van der Waals surface area contributed by atoms with E-state index in [1.54, 1.807) is 0 Å². The van der Waals surface area contributed by atoms with Gasteiger partial charge in [0.15, 0.2) is 0 Å². The lowest BCUT2D eigenvalue weighted by atomic mass is 9.72. The molecule has 1 N–H and O–H groups in total. The van der Waals surface area contributed by atoms with Crippen LogP contribution in [0.4, 0.5) is 0 Å². The molecule has 1 aliphatic carbocycles. The minimum absolute atomic E-state index is 0.0621. The zero-order valence-electron chi connectivity index (χ0n) is 12.2. The van der Waals surface area contributed by atoms with Crippen molar-refractivity contribution in [1.29, 1.82) is 0 Å². The highest BCUT2D eigenvalue weighted by atomic mass is 35.5. The molecule has 0 aliphatic heterocycles. The molecular weight excluding hydrogens is 268 g/mol. The summed E-state index contributed by atoms with van der Waals surface area (Å²) >= 11 is 5.87. The fourth-order valence-corrected chi connectivity index (χ4v) is 3.81. The summed E-state index contributed by atoms with van der Waals surface area (Å²) < 4.78 is 4.54. The van der Waals surface area contributed by atoms with Gasteiger partial charge in [-0.2, -0.15) is 0 Å². The minimum Gasteiger partial charge on any atom is -0.481 e. The zero-order chi connectivity index (χ0) is 15.2. The van der Waals surface area contributed by atoms with E-state index in [1.807, 2.05) is 34.6 Å². The smallest absolute Gasteiger partial charge is 0.349 e. The molecule has 0 bridgehead atoms. The molecule has 0 saturated heterocycles. The van der Waals surface area contributed by atoms with Crippen LogP contribution in [0.25, 0.3) is 0 Å². The Morgan fingerprint density at radius 2 is 1.79 bits per heavy atom. The molecule has 1 aliphatic rings. The van der Waals surface area contributed by atoms with Gasteiger partial charge >= 0.3 is 11.9 Å². The van der Waals surface area contributed by atoms with E-state index in [-0.39, 0.29) is 11.0 Å². The van der Waals surface area contributed by atoms with Gasteiger partial charge in [-0.1, -0.05) is 52.3 Å². The van der Waals surface area contributed by atoms with Crippen LogP contribution in [-0.4, -0.2) is 24.2 Å². The van der Waals surface area contributed by atoms with Crippen LogP contribution in [0.2, 0.25) is 0 Å². The maximum Gasteiger partial charge on any atom is 0.349 e. The van der Waals surface area contributed by atoms with E-state index in [1.165, 1.54) is 13.2 Å². The van der Waals surface area contributed by atoms with E-state index in [0.717, 1.165) is 0 Å². The van der Waals surface area contributed by atoms with Crippen molar-refractivity contribution in [3.63, 3.8) is 0 Å². The third-order valence-corrected chi connectivity index (χ3v) is 4.67. The lowest BCUT2D eigenvalue weighted by Crippen LogP contribution is -2.35. The first-order valence-corrected chi connectivity index (χ1v) is 6.51. The molecule has 1 fully saturated rings. The molecule has 1 rings (SSSR count). The summed E-state index contributed by atoms with van der Waals surface area (Å²) in [6.07, 6.45) is 1.52. The molecule has 0 aromatic rings. The Kier molecular flexibility index (Phi) is 3.81. The van der Waals surface area contributed by atoms with Crippen molar-refractivity contribution in [2.24, 2.45) is 22.2 Å². The summed E-state index contributed by atoms with van der Waals surface area (Å²) in [4.78, 5) is 23.1. The van der Waals surface area contributed by atoms with Gasteiger partial charge in [0.1, 0.15) is 5.03 Å². The van der Waals surface area contributed by atoms with Crippen LogP contribution in [0.3, 0.4) is 0 Å². The zero-order valence-corrected chi connectivity index (χ0v) is 13.0. The minimum atomic E-state index is -0.936. The van der Waals surface area contributed by atoms with Crippen molar-refractivity contribution < 1.29 is 19.4 Å². The average Bonchev–Trinajstić information content (AvgIpc) is 2.74. The number of esters is 1. The van der Waals surface area contributed by atoms with Gasteiger partial charge in [0.25, 0.3) is 0 Å². The quantitative estimate of drug-likeness (QED) is 0.640. The molecule has 5 heteroatoms. The highest BCUT2D eigenvalue weighted by Gasteiger charge is 2.79. The molecule has 0 aromatic carbocycles. The molecule has 0 radical (unpaired) electrons. The third-order valence-electron chi connectivity index (χ3n) is 4.39. The Morgan fingerprint density at radius 3 is 2.05 bits per heavy atom. The topological polar surface area (TPSA) is 63.6 Å². The van der Waals surface area contributed by atoms with Crippen molar-refractivity contribution >= 4 is 23.5 Å². The second kappa shape index (κ2) is 4.51. The average molecular weight is 289 g/mol. The summed E-state index contributed by atoms with van der Waals surface area (Å²) in [5.74, 6) is -1.80. The van der Waals surface area contributed by atoms with Gasteiger partial charge in [0.05, 0.1) is 12.5 Å². The normalized spacial score (nSPS) is 29.8. The first-order chi connectivity index (χ1) is 8.44. The van der Waals surface area contributed by atoms with Gasteiger partial charge in [-0.15, -0.1) is 0 Å². The number of ether oxygens (including phenoxy) is 1. The second-order valence-electron chi connectivity index (χ2n) is 6.57. The van der Waals surface area contributed by atoms with Gasteiger partial charge in [-0.05, 0) is 10.8 Å². The highest BCUT2D eigenvalue weighted by molar-refractivity contribution is 6.41. The fraction of sp³-hybridized carbons (Fsp3) is 0.714. The molecule has 0 heterocycles. The fourth-order valence-electron chi connectivity index (χ4n) is 3.61. The molecule has 0 aromatic heterocycles. The van der Waals surface area contributed by atoms with E-state index in [4.69, 9.17) is 11.6 Å². The number of carbonyl (C=O) groups is 2. The highest BCUT2D eigenvalue weighted by Crippen LogP contribution is 2.76. The predicted molar refractivity (Wildman–Crippen MR) is 72.7 cm³/mol. The van der Waals surface area contributed by atoms with Crippen LogP contribution in [-0.2, 0) is 14.3 Å². The number of aliphatic carboxylic acids is 1. The van der Waals surface area contributed by atoms with Crippen molar-refractivity contribution in [2.45, 2.75) is 34.6 Å². The van der Waals surface area contributed by atoms with E-state index >= 15 is 0 Å². The van der Waals surface area contributed by atoms with E-state index in [0.29, 0.717) is 0 Å². The van der Waals surface area contributed by atoms with E-state index in [9.17, 15) is 14.7 Å². The Balaban J connectivity index is 3.25. The van der Waals surface area contributed by atoms with Gasteiger partial charge in [-0.3, -0.25) is 4.79 Å². The number of carboxylic acid groups (broad SMARTS) is 1. The summed E-state index contributed by atoms with van der Waals surface area (Å²) in [7, 11) is 1.24. The van der Waals surface area contributed by atoms with Crippen LogP contribution in [0.5, 0.6) is 0 Å². The standard InChI is InChI=1S/C14H21ClO4/c1-12(2,3)14(11(17)18)9(13(14,4)5)7-8(15)10(16)19-6/h7,9H,1-6H3,(H,17,18). The van der Waals surface area contributed by atoms with Crippen molar-refractivity contribution in [1.82, 2.24) is 0 Å². The van der Waals surface area contributed by atoms with Crippen LogP contribution in [0.15, 0.2) is 11.1 Å². The van der Waals surface area contributed by atoms with Gasteiger partial charge in [-0.25, -0.2) is 4.79 Å². The van der Waals surface area contributed by atoms with Gasteiger partial charge in [0.2, 0.25) is 0 Å². The number of hydrogen-bond acceptors (Lipinski definition) is 3. The van der Waals surface area contributed by atoms with E-state index in [2.05, 4.69) is 4.74 Å². The van der Waals surface area contributed by atoms with Crippen molar-refractivity contribution in [3.8, 4) is 0 Å². The molecule has 4 nitrogen and oxygen atoms in total. The lowest BCUT2D eigenvalue weighted by Gasteiger charge is -2.30. The van der Waals surface area contributed by atoms with Gasteiger partial charge in [0, 0.05) is 5.92 Å². The molecule has 108 valence electrons. The van der Waals surface area contributed by atoms with Crippen molar-refractivity contribution in [3.05, 3.63) is 11.1 Å². The lowest BCUT2D eigenvalue weighted by molar-refractivity contribution is -0.150.